The van der Waals surface area contributed by atoms with E-state index in [-0.39, 0.29) is 12.3 Å². The summed E-state index contributed by atoms with van der Waals surface area (Å²) in [6.07, 6.45) is 0. The van der Waals surface area contributed by atoms with Crippen molar-refractivity contribution in [2.75, 3.05) is 32.2 Å². The number of carbonyl (C=O) groups is 3. The number of Topliss-reactive ketones (excluding diaryl/α,β-unsaturated/α-hetero) is 1. The van der Waals surface area contributed by atoms with Crippen molar-refractivity contribution in [3.63, 3.8) is 0 Å². The molecule has 0 spiro atoms. The first-order valence-electron chi connectivity index (χ1n) is 8.60. The van der Waals surface area contributed by atoms with E-state index in [1.54, 1.807) is 45.0 Å². The molecule has 1 heterocycles. The highest BCUT2D eigenvalue weighted by molar-refractivity contribution is 6.03. The standard InChI is InChI=1S/C20H24N2O5/c1-6-26-20(25)17-12(2)18(21-13(17)3)16(23)11-27-19(24)14-7-9-15(10-8-14)22(4)5/h7-10,21H,6,11H2,1-5H3. The number of aryl methyl sites for hydroxylation is 1. The van der Waals surface area contributed by atoms with Crippen molar-refractivity contribution in [1.82, 2.24) is 4.98 Å². The molecule has 27 heavy (non-hydrogen) atoms. The van der Waals surface area contributed by atoms with Crippen molar-refractivity contribution in [3.8, 4) is 0 Å². The minimum atomic E-state index is -0.583. The molecule has 2 rings (SSSR count). The molecule has 0 atom stereocenters. The van der Waals surface area contributed by atoms with Gasteiger partial charge in [-0.3, -0.25) is 4.79 Å². The van der Waals surface area contributed by atoms with Gasteiger partial charge in [-0.05, 0) is 50.6 Å². The van der Waals surface area contributed by atoms with E-state index >= 15 is 0 Å². The normalized spacial score (nSPS) is 10.4. The number of aromatic amines is 1. The Kier molecular flexibility index (Phi) is 6.39. The molecule has 144 valence electrons. The number of H-pyrrole nitrogens is 1. The Morgan fingerprint density at radius 2 is 1.63 bits per heavy atom. The lowest BCUT2D eigenvalue weighted by molar-refractivity contribution is 0.0472. The smallest absolute Gasteiger partial charge is 0.340 e. The van der Waals surface area contributed by atoms with Crippen LogP contribution in [0.1, 0.15) is 49.4 Å². The van der Waals surface area contributed by atoms with Gasteiger partial charge in [0.1, 0.15) is 0 Å². The molecule has 0 unspecified atom stereocenters. The van der Waals surface area contributed by atoms with Crippen LogP contribution in [0.3, 0.4) is 0 Å². The van der Waals surface area contributed by atoms with Crippen molar-refractivity contribution in [3.05, 3.63) is 52.3 Å². The monoisotopic (exact) mass is 372 g/mol. The zero-order valence-electron chi connectivity index (χ0n) is 16.2. The summed E-state index contributed by atoms with van der Waals surface area (Å²) in [5.74, 6) is -1.48. The lowest BCUT2D eigenvalue weighted by atomic mass is 10.1. The van der Waals surface area contributed by atoms with E-state index in [0.29, 0.717) is 22.4 Å². The number of anilines is 1. The number of esters is 2. The Hall–Kier alpha value is -3.09. The Morgan fingerprint density at radius 1 is 1.00 bits per heavy atom. The van der Waals surface area contributed by atoms with E-state index < -0.39 is 24.3 Å². The number of benzene rings is 1. The Labute approximate surface area is 158 Å². The number of hydrogen-bond donors (Lipinski definition) is 1. The molecule has 7 nitrogen and oxygen atoms in total. The minimum Gasteiger partial charge on any atom is -0.462 e. The number of carbonyl (C=O) groups excluding carboxylic acids is 3. The highest BCUT2D eigenvalue weighted by Gasteiger charge is 2.23. The molecule has 0 fully saturated rings. The van der Waals surface area contributed by atoms with Crippen LogP contribution in [0.4, 0.5) is 5.69 Å². The van der Waals surface area contributed by atoms with Crippen LogP contribution in [-0.4, -0.2) is 50.0 Å². The van der Waals surface area contributed by atoms with Crippen molar-refractivity contribution >= 4 is 23.4 Å². The molecule has 0 aliphatic carbocycles. The second kappa shape index (κ2) is 8.53. The number of nitrogens with one attached hydrogen (secondary N) is 1. The fraction of sp³-hybridized carbons (Fsp3) is 0.350. The first-order chi connectivity index (χ1) is 12.8. The fourth-order valence-corrected chi connectivity index (χ4v) is 2.72. The maximum atomic E-state index is 12.4. The topological polar surface area (TPSA) is 88.7 Å². The predicted molar refractivity (Wildman–Crippen MR) is 102 cm³/mol. The van der Waals surface area contributed by atoms with E-state index in [0.717, 1.165) is 5.69 Å². The molecule has 1 aromatic heterocycles. The van der Waals surface area contributed by atoms with E-state index in [4.69, 9.17) is 9.47 Å². The van der Waals surface area contributed by atoms with Crippen LogP contribution in [0.25, 0.3) is 0 Å². The van der Waals surface area contributed by atoms with Gasteiger partial charge in [-0.2, -0.15) is 0 Å². The van der Waals surface area contributed by atoms with Crippen LogP contribution < -0.4 is 4.90 Å². The van der Waals surface area contributed by atoms with Gasteiger partial charge in [0.2, 0.25) is 5.78 Å². The van der Waals surface area contributed by atoms with Gasteiger partial charge in [0.15, 0.2) is 6.61 Å². The summed E-state index contributed by atoms with van der Waals surface area (Å²) in [7, 11) is 3.80. The molecule has 1 aromatic carbocycles. The third-order valence-electron chi connectivity index (χ3n) is 4.15. The number of ketones is 1. The summed E-state index contributed by atoms with van der Waals surface area (Å²) in [6, 6.07) is 6.88. The first kappa shape index (κ1) is 20.2. The quantitative estimate of drug-likeness (QED) is 0.594. The Balaban J connectivity index is 2.06. The van der Waals surface area contributed by atoms with Gasteiger partial charge < -0.3 is 19.4 Å². The highest BCUT2D eigenvalue weighted by atomic mass is 16.5. The molecule has 0 saturated carbocycles. The lowest BCUT2D eigenvalue weighted by Gasteiger charge is -2.12. The second-order valence-corrected chi connectivity index (χ2v) is 6.29. The summed E-state index contributed by atoms with van der Waals surface area (Å²) in [5, 5.41) is 0. The van der Waals surface area contributed by atoms with Crippen LogP contribution >= 0.6 is 0 Å². The number of rotatable bonds is 7. The number of ether oxygens (including phenoxy) is 2. The SMILES string of the molecule is CCOC(=O)c1c(C)[nH]c(C(=O)COC(=O)c2ccc(N(C)C)cc2)c1C. The van der Waals surface area contributed by atoms with E-state index in [1.165, 1.54) is 0 Å². The zero-order chi connectivity index (χ0) is 20.1. The summed E-state index contributed by atoms with van der Waals surface area (Å²) < 4.78 is 10.1. The summed E-state index contributed by atoms with van der Waals surface area (Å²) in [5.41, 5.74) is 2.92. The van der Waals surface area contributed by atoms with Crippen LogP contribution in [0.2, 0.25) is 0 Å². The lowest BCUT2D eigenvalue weighted by Crippen LogP contribution is -2.16. The molecular weight excluding hydrogens is 348 g/mol. The van der Waals surface area contributed by atoms with Crippen LogP contribution in [0, 0.1) is 13.8 Å². The predicted octanol–water partition coefficient (Wildman–Crippen LogP) is 2.91. The number of aromatic nitrogens is 1. The van der Waals surface area contributed by atoms with Crippen molar-refractivity contribution in [2.24, 2.45) is 0 Å². The van der Waals surface area contributed by atoms with Crippen molar-refractivity contribution in [2.45, 2.75) is 20.8 Å². The summed E-state index contributed by atoms with van der Waals surface area (Å²) in [4.78, 5) is 41.4. The number of nitrogens with zero attached hydrogens (tertiary/aromatic N) is 1. The van der Waals surface area contributed by atoms with Gasteiger partial charge in [-0.15, -0.1) is 0 Å². The van der Waals surface area contributed by atoms with E-state index in [1.807, 2.05) is 19.0 Å². The first-order valence-corrected chi connectivity index (χ1v) is 8.60. The molecule has 0 bridgehead atoms. The number of hydrogen-bond acceptors (Lipinski definition) is 6. The molecule has 2 aromatic rings. The second-order valence-electron chi connectivity index (χ2n) is 6.29. The van der Waals surface area contributed by atoms with Gasteiger partial charge in [0, 0.05) is 25.5 Å². The van der Waals surface area contributed by atoms with Gasteiger partial charge in [-0.25, -0.2) is 9.59 Å². The fourth-order valence-electron chi connectivity index (χ4n) is 2.72. The summed E-state index contributed by atoms with van der Waals surface area (Å²) >= 11 is 0. The zero-order valence-corrected chi connectivity index (χ0v) is 16.2. The largest absolute Gasteiger partial charge is 0.462 e. The molecule has 0 saturated heterocycles. The average molecular weight is 372 g/mol. The van der Waals surface area contributed by atoms with E-state index in [9.17, 15) is 14.4 Å². The van der Waals surface area contributed by atoms with E-state index in [2.05, 4.69) is 4.98 Å². The Bertz CT molecular complexity index is 850. The minimum absolute atomic E-state index is 0.242. The molecule has 0 aliphatic heterocycles. The van der Waals surface area contributed by atoms with Gasteiger partial charge in [-0.1, -0.05) is 0 Å². The van der Waals surface area contributed by atoms with Gasteiger partial charge in [0.05, 0.1) is 23.4 Å². The van der Waals surface area contributed by atoms with Crippen molar-refractivity contribution in [1.29, 1.82) is 0 Å². The van der Waals surface area contributed by atoms with Crippen LogP contribution in [0.15, 0.2) is 24.3 Å². The van der Waals surface area contributed by atoms with Crippen LogP contribution in [-0.2, 0) is 9.47 Å². The molecule has 0 amide bonds. The molecule has 0 radical (unpaired) electrons. The molecule has 1 N–H and O–H groups in total. The third-order valence-corrected chi connectivity index (χ3v) is 4.15. The highest BCUT2D eigenvalue weighted by Crippen LogP contribution is 2.20. The summed E-state index contributed by atoms with van der Waals surface area (Å²) in [6.45, 7) is 4.89. The molecule has 0 aliphatic rings. The van der Waals surface area contributed by atoms with Gasteiger partial charge in [0.25, 0.3) is 0 Å². The maximum absolute atomic E-state index is 12.4. The average Bonchev–Trinajstić information content (AvgIpc) is 2.94. The van der Waals surface area contributed by atoms with Crippen LogP contribution in [0.5, 0.6) is 0 Å². The third kappa shape index (κ3) is 4.55. The molecule has 7 heteroatoms. The molecular formula is C20H24N2O5. The Morgan fingerprint density at radius 3 is 2.19 bits per heavy atom. The van der Waals surface area contributed by atoms with Gasteiger partial charge >= 0.3 is 11.9 Å². The maximum Gasteiger partial charge on any atom is 0.340 e. The van der Waals surface area contributed by atoms with Crippen molar-refractivity contribution < 1.29 is 23.9 Å².